The highest BCUT2D eigenvalue weighted by molar-refractivity contribution is 5.89. The van der Waals surface area contributed by atoms with E-state index in [0.717, 1.165) is 30.3 Å². The highest BCUT2D eigenvalue weighted by atomic mass is 15.2. The lowest BCUT2D eigenvalue weighted by atomic mass is 10.1. The fourth-order valence-corrected chi connectivity index (χ4v) is 3.33. The van der Waals surface area contributed by atoms with Crippen molar-refractivity contribution in [2.75, 3.05) is 38.1 Å². The summed E-state index contributed by atoms with van der Waals surface area (Å²) in [5.74, 6) is 1.84. The van der Waals surface area contributed by atoms with E-state index < -0.39 is 0 Å². The number of fused-ring (bicyclic) bond motifs is 1. The molecule has 1 unspecified atom stereocenters. The number of nitrogens with zero attached hydrogens (tertiary/aromatic N) is 4. The summed E-state index contributed by atoms with van der Waals surface area (Å²) >= 11 is 0. The SMILES string of the molecule is CCCN(C)CC1CCN(c2nccc3ncccc23)C1. The average Bonchev–Trinajstić information content (AvgIpc) is 2.95. The van der Waals surface area contributed by atoms with E-state index in [-0.39, 0.29) is 0 Å². The van der Waals surface area contributed by atoms with Crippen LogP contribution in [0.3, 0.4) is 0 Å². The number of anilines is 1. The summed E-state index contributed by atoms with van der Waals surface area (Å²) in [7, 11) is 2.23. The molecule has 1 aliphatic rings. The van der Waals surface area contributed by atoms with Crippen molar-refractivity contribution in [1.29, 1.82) is 0 Å². The van der Waals surface area contributed by atoms with Crippen LogP contribution in [0.1, 0.15) is 19.8 Å². The third kappa shape index (κ3) is 3.16. The van der Waals surface area contributed by atoms with E-state index in [2.05, 4.69) is 39.8 Å². The summed E-state index contributed by atoms with van der Waals surface area (Å²) in [6, 6.07) is 6.11. The fourth-order valence-electron chi connectivity index (χ4n) is 3.33. The molecule has 0 radical (unpaired) electrons. The molecule has 0 aliphatic carbocycles. The Bertz CT molecular complexity index is 593. The van der Waals surface area contributed by atoms with Gasteiger partial charge in [0, 0.05) is 37.4 Å². The molecular formula is C17H24N4. The molecule has 0 N–H and O–H groups in total. The maximum Gasteiger partial charge on any atom is 0.137 e. The summed E-state index contributed by atoms with van der Waals surface area (Å²) in [5.41, 5.74) is 1.04. The van der Waals surface area contributed by atoms with Gasteiger partial charge in [0.05, 0.1) is 5.52 Å². The molecule has 0 bridgehead atoms. The Kier molecular flexibility index (Phi) is 4.34. The van der Waals surface area contributed by atoms with Gasteiger partial charge in [-0.15, -0.1) is 0 Å². The third-order valence-corrected chi connectivity index (χ3v) is 4.27. The highest BCUT2D eigenvalue weighted by Gasteiger charge is 2.25. The molecule has 1 fully saturated rings. The molecule has 4 heteroatoms. The van der Waals surface area contributed by atoms with Crippen molar-refractivity contribution < 1.29 is 0 Å². The van der Waals surface area contributed by atoms with Crippen molar-refractivity contribution in [2.45, 2.75) is 19.8 Å². The Morgan fingerprint density at radius 3 is 3.05 bits per heavy atom. The molecule has 0 aromatic carbocycles. The van der Waals surface area contributed by atoms with E-state index in [1.54, 1.807) is 0 Å². The predicted molar refractivity (Wildman–Crippen MR) is 87.6 cm³/mol. The first-order valence-electron chi connectivity index (χ1n) is 7.91. The molecule has 4 nitrogen and oxygen atoms in total. The van der Waals surface area contributed by atoms with Crippen molar-refractivity contribution in [2.24, 2.45) is 5.92 Å². The Balaban J connectivity index is 1.73. The van der Waals surface area contributed by atoms with Crippen LogP contribution in [0.15, 0.2) is 30.6 Å². The quantitative estimate of drug-likeness (QED) is 0.845. The normalized spacial score (nSPS) is 18.8. The molecule has 3 rings (SSSR count). The maximum atomic E-state index is 4.61. The van der Waals surface area contributed by atoms with Gasteiger partial charge in [0.25, 0.3) is 0 Å². The van der Waals surface area contributed by atoms with Crippen LogP contribution in [0.2, 0.25) is 0 Å². The largest absolute Gasteiger partial charge is 0.356 e. The first-order valence-corrected chi connectivity index (χ1v) is 7.91. The fraction of sp³-hybridized carbons (Fsp3) is 0.529. The van der Waals surface area contributed by atoms with Gasteiger partial charge in [-0.3, -0.25) is 4.98 Å². The lowest BCUT2D eigenvalue weighted by Crippen LogP contribution is -2.29. The molecule has 1 atom stereocenters. The third-order valence-electron chi connectivity index (χ3n) is 4.27. The van der Waals surface area contributed by atoms with E-state index >= 15 is 0 Å². The van der Waals surface area contributed by atoms with Crippen LogP contribution >= 0.6 is 0 Å². The summed E-state index contributed by atoms with van der Waals surface area (Å²) in [5, 5.41) is 1.17. The zero-order valence-corrected chi connectivity index (χ0v) is 13.0. The van der Waals surface area contributed by atoms with Gasteiger partial charge in [-0.1, -0.05) is 6.92 Å². The second-order valence-electron chi connectivity index (χ2n) is 6.07. The van der Waals surface area contributed by atoms with Crippen LogP contribution in [-0.2, 0) is 0 Å². The molecule has 112 valence electrons. The Labute approximate surface area is 126 Å². The molecule has 21 heavy (non-hydrogen) atoms. The maximum absolute atomic E-state index is 4.61. The molecule has 1 aliphatic heterocycles. The van der Waals surface area contributed by atoms with E-state index in [4.69, 9.17) is 0 Å². The second-order valence-corrected chi connectivity index (χ2v) is 6.07. The highest BCUT2D eigenvalue weighted by Crippen LogP contribution is 2.28. The van der Waals surface area contributed by atoms with Crippen molar-refractivity contribution in [3.63, 3.8) is 0 Å². The van der Waals surface area contributed by atoms with Gasteiger partial charge in [0.2, 0.25) is 0 Å². The minimum atomic E-state index is 0.746. The summed E-state index contributed by atoms with van der Waals surface area (Å²) in [6.45, 7) is 6.82. The number of hydrogen-bond acceptors (Lipinski definition) is 4. The molecule has 0 spiro atoms. The zero-order chi connectivity index (χ0) is 14.7. The topological polar surface area (TPSA) is 32.3 Å². The Morgan fingerprint density at radius 1 is 1.29 bits per heavy atom. The second kappa shape index (κ2) is 6.39. The van der Waals surface area contributed by atoms with Crippen LogP contribution in [0, 0.1) is 5.92 Å². The minimum absolute atomic E-state index is 0.746. The summed E-state index contributed by atoms with van der Waals surface area (Å²) in [6.07, 6.45) is 6.20. The van der Waals surface area contributed by atoms with Gasteiger partial charge in [0.1, 0.15) is 5.82 Å². The van der Waals surface area contributed by atoms with Crippen LogP contribution in [0.5, 0.6) is 0 Å². The van der Waals surface area contributed by atoms with Crippen LogP contribution < -0.4 is 4.90 Å². The first-order chi connectivity index (χ1) is 10.3. The van der Waals surface area contributed by atoms with Crippen molar-refractivity contribution in [1.82, 2.24) is 14.9 Å². The molecular weight excluding hydrogens is 260 g/mol. The van der Waals surface area contributed by atoms with Gasteiger partial charge < -0.3 is 9.80 Å². The molecule has 2 aromatic heterocycles. The Morgan fingerprint density at radius 2 is 2.19 bits per heavy atom. The van der Waals surface area contributed by atoms with Gasteiger partial charge >= 0.3 is 0 Å². The predicted octanol–water partition coefficient (Wildman–Crippen LogP) is 2.80. The zero-order valence-electron chi connectivity index (χ0n) is 13.0. The number of aromatic nitrogens is 2. The van der Waals surface area contributed by atoms with Crippen LogP contribution in [0.25, 0.3) is 10.9 Å². The Hall–Kier alpha value is -1.68. The van der Waals surface area contributed by atoms with E-state index in [1.165, 1.54) is 31.3 Å². The summed E-state index contributed by atoms with van der Waals surface area (Å²) in [4.78, 5) is 13.9. The van der Waals surface area contributed by atoms with E-state index in [0.29, 0.717) is 0 Å². The van der Waals surface area contributed by atoms with E-state index in [9.17, 15) is 0 Å². The van der Waals surface area contributed by atoms with Gasteiger partial charge in [-0.2, -0.15) is 0 Å². The average molecular weight is 284 g/mol. The molecule has 0 amide bonds. The smallest absolute Gasteiger partial charge is 0.137 e. The van der Waals surface area contributed by atoms with Gasteiger partial charge in [-0.25, -0.2) is 4.98 Å². The molecule has 0 saturated carbocycles. The number of rotatable bonds is 5. The van der Waals surface area contributed by atoms with Crippen molar-refractivity contribution >= 4 is 16.7 Å². The lowest BCUT2D eigenvalue weighted by molar-refractivity contribution is 0.287. The van der Waals surface area contributed by atoms with Gasteiger partial charge in [0.15, 0.2) is 0 Å². The van der Waals surface area contributed by atoms with Crippen LogP contribution in [0.4, 0.5) is 5.82 Å². The molecule has 2 aromatic rings. The van der Waals surface area contributed by atoms with Crippen molar-refractivity contribution in [3.05, 3.63) is 30.6 Å². The molecule has 3 heterocycles. The molecule has 1 saturated heterocycles. The monoisotopic (exact) mass is 284 g/mol. The summed E-state index contributed by atoms with van der Waals surface area (Å²) < 4.78 is 0. The van der Waals surface area contributed by atoms with Gasteiger partial charge in [-0.05, 0) is 50.6 Å². The lowest BCUT2D eigenvalue weighted by Gasteiger charge is -2.22. The minimum Gasteiger partial charge on any atom is -0.356 e. The number of hydrogen-bond donors (Lipinski definition) is 0. The van der Waals surface area contributed by atoms with Crippen molar-refractivity contribution in [3.8, 4) is 0 Å². The van der Waals surface area contributed by atoms with Crippen LogP contribution in [-0.4, -0.2) is 48.1 Å². The van der Waals surface area contributed by atoms with E-state index in [1.807, 2.05) is 24.5 Å². The number of pyridine rings is 2. The standard InChI is InChI=1S/C17H24N4/c1-3-10-20(2)12-14-7-11-21(13-14)17-15-5-4-8-18-16(15)6-9-19-17/h4-6,8-9,14H,3,7,10-13H2,1-2H3. The first kappa shape index (κ1) is 14.3.